The Morgan fingerprint density at radius 2 is 2.05 bits per heavy atom. The summed E-state index contributed by atoms with van der Waals surface area (Å²) in [6.07, 6.45) is 8.51. The molecule has 0 bridgehead atoms. The van der Waals surface area contributed by atoms with E-state index < -0.39 is 6.09 Å². The third-order valence-electron chi connectivity index (χ3n) is 2.49. The maximum Gasteiger partial charge on any atom is 0.424 e. The molecule has 0 spiro atoms. The SMILES string of the molecule is NN(CCCCCc1cncnc1)C(=O)OCC=O. The fourth-order valence-electron chi connectivity index (χ4n) is 1.53. The minimum Gasteiger partial charge on any atom is -0.441 e. The Morgan fingerprint density at radius 3 is 2.74 bits per heavy atom. The Kier molecular flexibility index (Phi) is 7.11. The highest BCUT2D eigenvalue weighted by molar-refractivity contribution is 5.68. The van der Waals surface area contributed by atoms with Crippen LogP contribution < -0.4 is 5.84 Å². The highest BCUT2D eigenvalue weighted by Gasteiger charge is 2.09. The van der Waals surface area contributed by atoms with Crippen LogP contribution in [0.1, 0.15) is 24.8 Å². The van der Waals surface area contributed by atoms with E-state index in [2.05, 4.69) is 14.7 Å². The van der Waals surface area contributed by atoms with Gasteiger partial charge in [-0.2, -0.15) is 0 Å². The van der Waals surface area contributed by atoms with Crippen molar-refractivity contribution in [2.75, 3.05) is 13.2 Å². The monoisotopic (exact) mass is 266 g/mol. The topological polar surface area (TPSA) is 98.4 Å². The average Bonchev–Trinajstić information content (AvgIpc) is 2.45. The van der Waals surface area contributed by atoms with Crippen molar-refractivity contribution in [1.82, 2.24) is 15.0 Å². The van der Waals surface area contributed by atoms with E-state index in [1.54, 1.807) is 12.4 Å². The molecule has 0 aliphatic carbocycles. The van der Waals surface area contributed by atoms with Gasteiger partial charge in [0.15, 0.2) is 6.29 Å². The van der Waals surface area contributed by atoms with Crippen molar-refractivity contribution in [3.05, 3.63) is 24.3 Å². The molecule has 104 valence electrons. The number of carbonyl (C=O) groups excluding carboxylic acids is 2. The highest BCUT2D eigenvalue weighted by atomic mass is 16.6. The second kappa shape index (κ2) is 8.98. The molecule has 0 saturated carbocycles. The molecule has 1 amide bonds. The summed E-state index contributed by atoms with van der Waals surface area (Å²) < 4.78 is 4.56. The first-order valence-electron chi connectivity index (χ1n) is 6.10. The van der Waals surface area contributed by atoms with E-state index in [4.69, 9.17) is 5.84 Å². The van der Waals surface area contributed by atoms with Crippen LogP contribution in [0, 0.1) is 0 Å². The van der Waals surface area contributed by atoms with Gasteiger partial charge in [0.05, 0.1) is 0 Å². The summed E-state index contributed by atoms with van der Waals surface area (Å²) in [4.78, 5) is 29.1. The molecule has 0 aromatic carbocycles. The lowest BCUT2D eigenvalue weighted by Gasteiger charge is -2.15. The Morgan fingerprint density at radius 1 is 1.32 bits per heavy atom. The summed E-state index contributed by atoms with van der Waals surface area (Å²) in [6, 6.07) is 0. The fraction of sp³-hybridized carbons (Fsp3) is 0.500. The van der Waals surface area contributed by atoms with Gasteiger partial charge in [-0.1, -0.05) is 6.42 Å². The van der Waals surface area contributed by atoms with Crippen molar-refractivity contribution in [3.8, 4) is 0 Å². The highest BCUT2D eigenvalue weighted by Crippen LogP contribution is 2.04. The number of carbonyl (C=O) groups is 2. The lowest BCUT2D eigenvalue weighted by Crippen LogP contribution is -2.38. The molecule has 1 rings (SSSR count). The number of rotatable bonds is 8. The number of amides is 1. The van der Waals surface area contributed by atoms with Gasteiger partial charge in [-0.3, -0.25) is 4.79 Å². The summed E-state index contributed by atoms with van der Waals surface area (Å²) in [6.45, 7) is 0.142. The summed E-state index contributed by atoms with van der Waals surface area (Å²) in [5, 5.41) is 0.981. The van der Waals surface area contributed by atoms with Crippen molar-refractivity contribution in [3.63, 3.8) is 0 Å². The molecule has 0 aliphatic rings. The molecule has 0 atom stereocenters. The van der Waals surface area contributed by atoms with Crippen LogP contribution in [0.5, 0.6) is 0 Å². The molecule has 0 unspecified atom stereocenters. The number of hydrogen-bond acceptors (Lipinski definition) is 6. The molecule has 19 heavy (non-hydrogen) atoms. The molecule has 0 radical (unpaired) electrons. The van der Waals surface area contributed by atoms with Gasteiger partial charge in [0.2, 0.25) is 0 Å². The third kappa shape index (κ3) is 6.46. The van der Waals surface area contributed by atoms with Gasteiger partial charge in [-0.25, -0.2) is 25.6 Å². The van der Waals surface area contributed by atoms with Crippen molar-refractivity contribution in [2.45, 2.75) is 25.7 Å². The summed E-state index contributed by atoms with van der Waals surface area (Å²) in [5.74, 6) is 5.47. The molecule has 0 saturated heterocycles. The Hall–Kier alpha value is -2.02. The average molecular weight is 266 g/mol. The van der Waals surface area contributed by atoms with Crippen molar-refractivity contribution in [1.29, 1.82) is 0 Å². The van der Waals surface area contributed by atoms with Crippen LogP contribution in [-0.4, -0.2) is 40.5 Å². The number of ether oxygens (including phenoxy) is 1. The molecule has 1 aromatic rings. The number of aryl methyl sites for hydroxylation is 1. The van der Waals surface area contributed by atoms with Gasteiger partial charge in [-0.15, -0.1) is 0 Å². The quantitative estimate of drug-likeness (QED) is 0.244. The normalized spacial score (nSPS) is 9.95. The minimum absolute atomic E-state index is 0.263. The van der Waals surface area contributed by atoms with E-state index in [0.29, 0.717) is 12.8 Å². The van der Waals surface area contributed by atoms with Crippen LogP contribution in [0.25, 0.3) is 0 Å². The smallest absolute Gasteiger partial charge is 0.424 e. The van der Waals surface area contributed by atoms with E-state index in [9.17, 15) is 9.59 Å². The standard InChI is InChI=1S/C12H18N4O3/c13-16(12(18)19-7-6-17)5-3-1-2-4-11-8-14-10-15-9-11/h6,8-10H,1-5,7,13H2. The molecule has 7 nitrogen and oxygen atoms in total. The number of nitrogens with two attached hydrogens (primary N) is 1. The number of aromatic nitrogens is 2. The molecule has 1 aromatic heterocycles. The lowest BCUT2D eigenvalue weighted by atomic mass is 10.1. The van der Waals surface area contributed by atoms with Crippen LogP contribution in [0.4, 0.5) is 4.79 Å². The van der Waals surface area contributed by atoms with E-state index in [1.807, 2.05) is 0 Å². The molecule has 0 aliphatic heterocycles. The second-order valence-electron chi connectivity index (χ2n) is 3.99. The Labute approximate surface area is 111 Å². The van der Waals surface area contributed by atoms with Gasteiger partial charge in [0, 0.05) is 18.9 Å². The van der Waals surface area contributed by atoms with Gasteiger partial charge in [0.25, 0.3) is 0 Å². The molecule has 1 heterocycles. The number of hydrogen-bond donors (Lipinski definition) is 1. The van der Waals surface area contributed by atoms with Crippen molar-refractivity contribution in [2.24, 2.45) is 5.84 Å². The van der Waals surface area contributed by atoms with E-state index in [0.717, 1.165) is 36.3 Å². The van der Waals surface area contributed by atoms with Gasteiger partial charge < -0.3 is 4.74 Å². The molecule has 2 N–H and O–H groups in total. The molecular weight excluding hydrogens is 248 g/mol. The van der Waals surface area contributed by atoms with Crippen molar-refractivity contribution >= 4 is 12.4 Å². The Balaban J connectivity index is 2.07. The first kappa shape index (κ1) is 15.0. The van der Waals surface area contributed by atoms with Gasteiger partial charge >= 0.3 is 6.09 Å². The number of aldehydes is 1. The fourth-order valence-corrected chi connectivity index (χ4v) is 1.53. The van der Waals surface area contributed by atoms with Crippen LogP contribution in [0.15, 0.2) is 18.7 Å². The second-order valence-corrected chi connectivity index (χ2v) is 3.99. The molecule has 7 heteroatoms. The van der Waals surface area contributed by atoms with E-state index >= 15 is 0 Å². The summed E-state index contributed by atoms with van der Waals surface area (Å²) >= 11 is 0. The maximum absolute atomic E-state index is 11.2. The van der Waals surface area contributed by atoms with Crippen LogP contribution in [-0.2, 0) is 16.0 Å². The lowest BCUT2D eigenvalue weighted by molar-refractivity contribution is -0.110. The number of nitrogens with zero attached hydrogens (tertiary/aromatic N) is 3. The summed E-state index contributed by atoms with van der Waals surface area (Å²) in [5.41, 5.74) is 1.09. The van der Waals surface area contributed by atoms with E-state index in [1.165, 1.54) is 6.33 Å². The first-order chi connectivity index (χ1) is 9.24. The van der Waals surface area contributed by atoms with Crippen molar-refractivity contribution < 1.29 is 14.3 Å². The predicted octanol–water partition coefficient (Wildman–Crippen LogP) is 0.701. The van der Waals surface area contributed by atoms with Gasteiger partial charge in [-0.05, 0) is 24.8 Å². The maximum atomic E-state index is 11.2. The largest absolute Gasteiger partial charge is 0.441 e. The van der Waals surface area contributed by atoms with Crippen LogP contribution >= 0.6 is 0 Å². The third-order valence-corrected chi connectivity index (χ3v) is 2.49. The summed E-state index contributed by atoms with van der Waals surface area (Å²) in [7, 11) is 0. The minimum atomic E-state index is -0.677. The molecule has 0 fully saturated rings. The zero-order chi connectivity index (χ0) is 13.9. The number of unbranched alkanes of at least 4 members (excludes halogenated alkanes) is 2. The predicted molar refractivity (Wildman–Crippen MR) is 67.9 cm³/mol. The zero-order valence-corrected chi connectivity index (χ0v) is 10.7. The zero-order valence-electron chi connectivity index (χ0n) is 10.7. The van der Waals surface area contributed by atoms with Crippen LogP contribution in [0.2, 0.25) is 0 Å². The Bertz CT molecular complexity index is 386. The van der Waals surface area contributed by atoms with Gasteiger partial charge in [0.1, 0.15) is 12.9 Å². The first-order valence-corrected chi connectivity index (χ1v) is 6.10. The molecular formula is C12H18N4O3. The van der Waals surface area contributed by atoms with Crippen LogP contribution in [0.3, 0.4) is 0 Å². The van der Waals surface area contributed by atoms with E-state index in [-0.39, 0.29) is 6.61 Å². The number of hydrazine groups is 1.